The number of rotatable bonds is 5. The van der Waals surface area contributed by atoms with Crippen molar-refractivity contribution in [2.45, 2.75) is 50.3 Å². The Kier molecular flexibility index (Phi) is 5.18. The third-order valence-corrected chi connectivity index (χ3v) is 7.76. The molecule has 35 heavy (non-hydrogen) atoms. The van der Waals surface area contributed by atoms with E-state index in [0.29, 0.717) is 13.0 Å². The maximum atomic E-state index is 13.1. The van der Waals surface area contributed by atoms with Gasteiger partial charge in [0.2, 0.25) is 0 Å². The van der Waals surface area contributed by atoms with Gasteiger partial charge in [0.1, 0.15) is 5.75 Å². The highest BCUT2D eigenvalue weighted by Crippen LogP contribution is 2.52. The number of carbonyl (C=O) groups excluding carboxylic acids is 2. The van der Waals surface area contributed by atoms with Gasteiger partial charge >= 0.3 is 5.97 Å². The lowest BCUT2D eigenvalue weighted by molar-refractivity contribution is -0.141. The van der Waals surface area contributed by atoms with Gasteiger partial charge in [-0.05, 0) is 64.8 Å². The van der Waals surface area contributed by atoms with Crippen LogP contribution in [0.4, 0.5) is 5.69 Å². The number of benzene rings is 2. The molecule has 4 aliphatic rings. The molecule has 0 bridgehead atoms. The Morgan fingerprint density at radius 3 is 2.86 bits per heavy atom. The number of amides is 1. The van der Waals surface area contributed by atoms with Crippen LogP contribution in [0.1, 0.15) is 51.4 Å². The fraction of sp³-hybridized carbons (Fsp3) is 0.357. The summed E-state index contributed by atoms with van der Waals surface area (Å²) in [5.41, 5.74) is 9.43. The van der Waals surface area contributed by atoms with Crippen LogP contribution in [0.3, 0.4) is 0 Å². The lowest BCUT2D eigenvalue weighted by Crippen LogP contribution is -2.23. The maximum absolute atomic E-state index is 13.1. The fourth-order valence-corrected chi connectivity index (χ4v) is 6.07. The summed E-state index contributed by atoms with van der Waals surface area (Å²) in [6.45, 7) is 0.498. The summed E-state index contributed by atoms with van der Waals surface area (Å²) in [4.78, 5) is 24.6. The number of carbonyl (C=O) groups is 2. The molecule has 0 aromatic heterocycles. The predicted molar refractivity (Wildman–Crippen MR) is 132 cm³/mol. The number of aryl methyl sites for hydroxylation is 1. The van der Waals surface area contributed by atoms with E-state index in [1.165, 1.54) is 18.2 Å². The van der Waals surface area contributed by atoms with Crippen molar-refractivity contribution in [3.8, 4) is 16.9 Å². The Morgan fingerprint density at radius 1 is 1.20 bits per heavy atom. The first-order valence-corrected chi connectivity index (χ1v) is 12.1. The number of esters is 1. The molecule has 2 aliphatic heterocycles. The van der Waals surface area contributed by atoms with Gasteiger partial charge in [-0.2, -0.15) is 0 Å². The summed E-state index contributed by atoms with van der Waals surface area (Å²) in [6, 6.07) is 6.17. The minimum Gasteiger partial charge on any atom is -0.497 e. The van der Waals surface area contributed by atoms with Gasteiger partial charge < -0.3 is 25.2 Å². The SMILES string of the molecule is COC(=O)CCC(O)C1=CC2c3c4c(c5c(c3NC2C=C1)CCc1cc(OC)ccc1-5)C(=O)NC4. The van der Waals surface area contributed by atoms with Gasteiger partial charge in [0, 0.05) is 30.1 Å². The van der Waals surface area contributed by atoms with Crippen molar-refractivity contribution in [1.29, 1.82) is 0 Å². The monoisotopic (exact) mass is 472 g/mol. The molecule has 2 aromatic carbocycles. The molecule has 0 spiro atoms. The van der Waals surface area contributed by atoms with E-state index in [0.717, 1.165) is 57.7 Å². The zero-order chi connectivity index (χ0) is 24.3. The minimum atomic E-state index is -0.748. The topological polar surface area (TPSA) is 96.9 Å². The van der Waals surface area contributed by atoms with Crippen molar-refractivity contribution in [2.24, 2.45) is 0 Å². The number of hydrogen-bond acceptors (Lipinski definition) is 6. The molecule has 0 radical (unpaired) electrons. The lowest BCUT2D eigenvalue weighted by Gasteiger charge is -2.26. The summed E-state index contributed by atoms with van der Waals surface area (Å²) < 4.78 is 10.1. The average molecular weight is 473 g/mol. The third-order valence-electron chi connectivity index (χ3n) is 7.76. The van der Waals surface area contributed by atoms with Crippen LogP contribution < -0.4 is 15.4 Å². The maximum Gasteiger partial charge on any atom is 0.305 e. The molecule has 7 heteroatoms. The Balaban J connectivity index is 1.45. The number of aliphatic hydroxyl groups is 1. The van der Waals surface area contributed by atoms with Crippen LogP contribution in [0.2, 0.25) is 0 Å². The average Bonchev–Trinajstić information content (AvgIpc) is 3.46. The Labute approximate surface area is 203 Å². The van der Waals surface area contributed by atoms with Crippen molar-refractivity contribution in [1.82, 2.24) is 5.32 Å². The number of methoxy groups -OCH3 is 2. The number of nitrogens with one attached hydrogen (secondary N) is 2. The van der Waals surface area contributed by atoms with Gasteiger partial charge in [-0.15, -0.1) is 0 Å². The van der Waals surface area contributed by atoms with E-state index in [9.17, 15) is 14.7 Å². The van der Waals surface area contributed by atoms with Gasteiger partial charge in [-0.25, -0.2) is 0 Å². The van der Waals surface area contributed by atoms with E-state index < -0.39 is 6.10 Å². The number of ether oxygens (including phenoxy) is 2. The quantitative estimate of drug-likeness (QED) is 0.578. The van der Waals surface area contributed by atoms with Crippen LogP contribution in [0.15, 0.2) is 42.0 Å². The molecule has 3 N–H and O–H groups in total. The predicted octanol–water partition coefficient (Wildman–Crippen LogP) is 3.39. The van der Waals surface area contributed by atoms with Gasteiger partial charge in [-0.3, -0.25) is 9.59 Å². The van der Waals surface area contributed by atoms with E-state index in [-0.39, 0.29) is 30.3 Å². The van der Waals surface area contributed by atoms with Crippen molar-refractivity contribution in [3.63, 3.8) is 0 Å². The zero-order valence-electron chi connectivity index (χ0n) is 19.8. The number of aliphatic hydroxyl groups excluding tert-OH is 1. The Morgan fingerprint density at radius 2 is 2.06 bits per heavy atom. The summed E-state index contributed by atoms with van der Waals surface area (Å²) in [7, 11) is 3.02. The molecule has 3 unspecified atom stereocenters. The second-order valence-corrected chi connectivity index (χ2v) is 9.55. The first-order valence-electron chi connectivity index (χ1n) is 12.1. The number of hydrogen-bond donors (Lipinski definition) is 3. The van der Waals surface area contributed by atoms with Gasteiger partial charge in [0.05, 0.1) is 31.9 Å². The van der Waals surface area contributed by atoms with Crippen LogP contribution in [0, 0.1) is 0 Å². The summed E-state index contributed by atoms with van der Waals surface area (Å²) in [5.74, 6) is 0.482. The smallest absolute Gasteiger partial charge is 0.305 e. The van der Waals surface area contributed by atoms with Crippen molar-refractivity contribution < 1.29 is 24.2 Å². The molecule has 2 aliphatic carbocycles. The Hall–Kier alpha value is -3.58. The molecule has 3 atom stereocenters. The van der Waals surface area contributed by atoms with E-state index in [1.807, 2.05) is 12.1 Å². The van der Waals surface area contributed by atoms with Gasteiger partial charge in [0.15, 0.2) is 0 Å². The van der Waals surface area contributed by atoms with E-state index in [1.54, 1.807) is 7.11 Å². The highest BCUT2D eigenvalue weighted by molar-refractivity contribution is 6.08. The fourth-order valence-electron chi connectivity index (χ4n) is 6.07. The Bertz CT molecular complexity index is 1330. The van der Waals surface area contributed by atoms with Crippen LogP contribution in [0.5, 0.6) is 5.75 Å². The van der Waals surface area contributed by atoms with Crippen LogP contribution in [-0.2, 0) is 28.9 Å². The molecule has 2 aromatic rings. The molecule has 6 rings (SSSR count). The highest BCUT2D eigenvalue weighted by atomic mass is 16.5. The summed E-state index contributed by atoms with van der Waals surface area (Å²) in [6.07, 6.45) is 7.58. The molecular formula is C28H28N2O5. The molecule has 0 fully saturated rings. The third kappa shape index (κ3) is 3.37. The first kappa shape index (κ1) is 21.9. The standard InChI is InChI=1S/C28H28N2O5/c1-34-16-5-7-17-14(11-16)3-6-18-24(17)26-20(13-29-28(26)33)25-19-12-15(4-8-21(19)30-27(18)25)22(31)9-10-23(32)35-2/h4-5,7-8,11-12,19,21-22,30-31H,3,6,9-10,13H2,1-2H3,(H,29,33). The van der Waals surface area contributed by atoms with Crippen molar-refractivity contribution in [2.75, 3.05) is 19.5 Å². The molecule has 180 valence electrons. The number of fused-ring (bicyclic) bond motifs is 10. The molecule has 2 heterocycles. The highest BCUT2D eigenvalue weighted by Gasteiger charge is 2.42. The molecule has 1 amide bonds. The van der Waals surface area contributed by atoms with E-state index >= 15 is 0 Å². The summed E-state index contributed by atoms with van der Waals surface area (Å²) in [5, 5.41) is 17.5. The summed E-state index contributed by atoms with van der Waals surface area (Å²) >= 11 is 0. The lowest BCUT2D eigenvalue weighted by atomic mass is 9.77. The van der Waals surface area contributed by atoms with E-state index in [2.05, 4.69) is 34.9 Å². The molecule has 0 saturated carbocycles. The van der Waals surface area contributed by atoms with Crippen molar-refractivity contribution >= 4 is 17.6 Å². The number of anilines is 1. The van der Waals surface area contributed by atoms with Gasteiger partial charge in [0.25, 0.3) is 5.91 Å². The second kappa shape index (κ2) is 8.27. The van der Waals surface area contributed by atoms with Gasteiger partial charge in [-0.1, -0.05) is 24.3 Å². The normalized spacial score (nSPS) is 21.5. The zero-order valence-corrected chi connectivity index (χ0v) is 19.8. The van der Waals surface area contributed by atoms with Crippen LogP contribution >= 0.6 is 0 Å². The minimum absolute atomic E-state index is 0.0155. The van der Waals surface area contributed by atoms with Crippen LogP contribution in [0.25, 0.3) is 11.1 Å². The van der Waals surface area contributed by atoms with Crippen molar-refractivity contribution in [3.05, 3.63) is 69.8 Å². The van der Waals surface area contributed by atoms with Crippen LogP contribution in [-0.4, -0.2) is 43.3 Å². The molecule has 0 saturated heterocycles. The molecular weight excluding hydrogens is 444 g/mol. The van der Waals surface area contributed by atoms with E-state index in [4.69, 9.17) is 9.47 Å². The first-order chi connectivity index (χ1) is 17.0. The largest absolute Gasteiger partial charge is 0.497 e. The second-order valence-electron chi connectivity index (χ2n) is 9.55. The molecule has 7 nitrogen and oxygen atoms in total.